The third-order valence-electron chi connectivity index (χ3n) is 6.51. The molecule has 1 aromatic rings. The van der Waals surface area contributed by atoms with E-state index in [1.165, 1.54) is 0 Å². The summed E-state index contributed by atoms with van der Waals surface area (Å²) in [6, 6.07) is 12.4. The molecule has 172 valence electrons. The largest absolute Gasteiger partial charge is 0.490 e. The molecule has 2 N–H and O–H groups in total. The maximum absolute atomic E-state index is 10.3. The number of hydrogen-bond donors (Lipinski definition) is 1. The molecule has 0 aromatic heterocycles. The molecule has 1 aromatic carbocycles. The Labute approximate surface area is 196 Å². The second-order valence-electron chi connectivity index (χ2n) is 8.71. The van der Waals surface area contributed by atoms with E-state index in [0.717, 1.165) is 17.6 Å². The Hall–Kier alpha value is -3.47. The van der Waals surface area contributed by atoms with Gasteiger partial charge in [0.1, 0.15) is 6.07 Å². The SMILES string of the molecule is CCCOc1ccc([C@@H]2[C@@H]3CN(C(C)C)CC=C3C(C#N)=C(N)C2(C#N)C#N)cc1OCC. The fraction of sp³-hybridized carbons (Fsp3) is 0.500. The van der Waals surface area contributed by atoms with E-state index in [1.807, 2.05) is 38.1 Å². The van der Waals surface area contributed by atoms with E-state index < -0.39 is 11.3 Å². The zero-order chi connectivity index (χ0) is 24.2. The van der Waals surface area contributed by atoms with Crippen LogP contribution in [0.4, 0.5) is 0 Å². The Bertz CT molecular complexity index is 1070. The van der Waals surface area contributed by atoms with E-state index in [-0.39, 0.29) is 23.2 Å². The van der Waals surface area contributed by atoms with Crippen LogP contribution in [0.5, 0.6) is 11.5 Å². The van der Waals surface area contributed by atoms with Crippen LogP contribution in [0, 0.1) is 45.3 Å². The maximum atomic E-state index is 10.3. The summed E-state index contributed by atoms with van der Waals surface area (Å²) in [6.07, 6.45) is 2.88. The lowest BCUT2D eigenvalue weighted by Gasteiger charge is -2.46. The Balaban J connectivity index is 2.24. The average molecular weight is 446 g/mol. The van der Waals surface area contributed by atoms with Gasteiger partial charge in [-0.1, -0.05) is 19.1 Å². The molecule has 0 bridgehead atoms. The molecule has 0 amide bonds. The van der Waals surface area contributed by atoms with E-state index in [0.29, 0.717) is 37.8 Å². The summed E-state index contributed by atoms with van der Waals surface area (Å²) >= 11 is 0. The van der Waals surface area contributed by atoms with Crippen molar-refractivity contribution in [2.45, 2.75) is 46.1 Å². The van der Waals surface area contributed by atoms with Crippen LogP contribution in [0.3, 0.4) is 0 Å². The van der Waals surface area contributed by atoms with Crippen molar-refractivity contribution in [1.29, 1.82) is 15.8 Å². The molecule has 2 atom stereocenters. The Morgan fingerprint density at radius 1 is 1.15 bits per heavy atom. The van der Waals surface area contributed by atoms with E-state index in [9.17, 15) is 15.8 Å². The lowest BCUT2D eigenvalue weighted by Crippen LogP contribution is -2.49. The van der Waals surface area contributed by atoms with Gasteiger partial charge < -0.3 is 15.2 Å². The first-order valence-electron chi connectivity index (χ1n) is 11.4. The number of allylic oxidation sites excluding steroid dienone is 2. The van der Waals surface area contributed by atoms with Crippen molar-refractivity contribution in [3.63, 3.8) is 0 Å². The first-order valence-corrected chi connectivity index (χ1v) is 11.4. The van der Waals surface area contributed by atoms with Crippen molar-refractivity contribution >= 4 is 0 Å². The van der Waals surface area contributed by atoms with Gasteiger partial charge in [-0.2, -0.15) is 15.8 Å². The highest BCUT2D eigenvalue weighted by atomic mass is 16.5. The molecule has 0 radical (unpaired) electrons. The van der Waals surface area contributed by atoms with Crippen LogP contribution in [-0.4, -0.2) is 37.2 Å². The average Bonchev–Trinajstić information content (AvgIpc) is 2.82. The summed E-state index contributed by atoms with van der Waals surface area (Å²) in [4.78, 5) is 2.28. The number of fused-ring (bicyclic) bond motifs is 1. The molecular formula is C26H31N5O2. The molecule has 0 spiro atoms. The summed E-state index contributed by atoms with van der Waals surface area (Å²) < 4.78 is 11.7. The van der Waals surface area contributed by atoms with Gasteiger partial charge in [0.05, 0.1) is 36.6 Å². The molecule has 7 heteroatoms. The minimum Gasteiger partial charge on any atom is -0.490 e. The normalized spacial score (nSPS) is 21.9. The molecule has 1 aliphatic heterocycles. The minimum atomic E-state index is -1.66. The summed E-state index contributed by atoms with van der Waals surface area (Å²) in [6.45, 7) is 10.5. The molecule has 1 heterocycles. The quantitative estimate of drug-likeness (QED) is 0.673. The molecule has 33 heavy (non-hydrogen) atoms. The number of nitrogens with zero attached hydrogens (tertiary/aromatic N) is 4. The third kappa shape index (κ3) is 4.15. The van der Waals surface area contributed by atoms with E-state index >= 15 is 0 Å². The zero-order valence-electron chi connectivity index (χ0n) is 19.8. The Morgan fingerprint density at radius 2 is 1.88 bits per heavy atom. The van der Waals surface area contributed by atoms with E-state index in [4.69, 9.17) is 15.2 Å². The number of nitriles is 3. The van der Waals surface area contributed by atoms with Crippen LogP contribution < -0.4 is 15.2 Å². The minimum absolute atomic E-state index is 0.0322. The number of nitrogens with two attached hydrogens (primary N) is 1. The van der Waals surface area contributed by atoms with Crippen molar-refractivity contribution < 1.29 is 9.47 Å². The summed E-state index contributed by atoms with van der Waals surface area (Å²) in [5.74, 6) is 0.405. The molecule has 3 rings (SSSR count). The molecule has 7 nitrogen and oxygen atoms in total. The van der Waals surface area contributed by atoms with E-state index in [1.54, 1.807) is 0 Å². The zero-order valence-corrected chi connectivity index (χ0v) is 19.8. The Morgan fingerprint density at radius 3 is 2.45 bits per heavy atom. The van der Waals surface area contributed by atoms with Crippen molar-refractivity contribution in [1.82, 2.24) is 4.90 Å². The van der Waals surface area contributed by atoms with Crippen LogP contribution in [-0.2, 0) is 0 Å². The van der Waals surface area contributed by atoms with Gasteiger partial charge in [-0.15, -0.1) is 0 Å². The lowest BCUT2D eigenvalue weighted by molar-refractivity contribution is 0.174. The molecule has 1 aliphatic carbocycles. The monoisotopic (exact) mass is 445 g/mol. The fourth-order valence-corrected chi connectivity index (χ4v) is 4.82. The van der Waals surface area contributed by atoms with Gasteiger partial charge in [0, 0.05) is 31.0 Å². The Kier molecular flexibility index (Phi) is 7.32. The van der Waals surface area contributed by atoms with Crippen molar-refractivity contribution in [2.24, 2.45) is 17.1 Å². The topological polar surface area (TPSA) is 119 Å². The highest BCUT2D eigenvalue weighted by Gasteiger charge is 2.54. The van der Waals surface area contributed by atoms with Crippen LogP contribution >= 0.6 is 0 Å². The number of hydrogen-bond acceptors (Lipinski definition) is 7. The highest BCUT2D eigenvalue weighted by molar-refractivity contribution is 5.60. The maximum Gasteiger partial charge on any atom is 0.191 e. The number of ether oxygens (including phenoxy) is 2. The molecule has 0 saturated heterocycles. The van der Waals surface area contributed by atoms with Crippen molar-refractivity contribution in [3.8, 4) is 29.7 Å². The first-order chi connectivity index (χ1) is 15.9. The summed E-state index contributed by atoms with van der Waals surface area (Å²) in [5.41, 5.74) is 6.63. The molecular weight excluding hydrogens is 414 g/mol. The van der Waals surface area contributed by atoms with Gasteiger partial charge in [-0.3, -0.25) is 4.90 Å². The van der Waals surface area contributed by atoms with Gasteiger partial charge in [0.2, 0.25) is 0 Å². The van der Waals surface area contributed by atoms with Gasteiger partial charge in [0.15, 0.2) is 16.9 Å². The lowest BCUT2D eigenvalue weighted by atomic mass is 9.58. The molecule has 0 saturated carbocycles. The van der Waals surface area contributed by atoms with Gasteiger partial charge >= 0.3 is 0 Å². The second-order valence-corrected chi connectivity index (χ2v) is 8.71. The highest BCUT2D eigenvalue weighted by Crippen LogP contribution is 2.55. The summed E-state index contributed by atoms with van der Waals surface area (Å²) in [7, 11) is 0. The second kappa shape index (κ2) is 9.99. The smallest absolute Gasteiger partial charge is 0.191 e. The molecule has 0 fully saturated rings. The van der Waals surface area contributed by atoms with Crippen LogP contribution in [0.1, 0.15) is 45.6 Å². The van der Waals surface area contributed by atoms with Gasteiger partial charge in [-0.05, 0) is 50.5 Å². The standard InChI is InChI=1S/C26H31N5O2/c1-5-11-33-22-8-7-18(12-23(22)32-6-2)24-21-14-31(17(3)4)10-9-19(21)20(13-27)25(30)26(24,15-28)16-29/h7-9,12,17,21,24H,5-6,10-11,14,30H2,1-4H3/t21-,24-/m1/s1. The molecule has 2 aliphatic rings. The van der Waals surface area contributed by atoms with Crippen LogP contribution in [0.25, 0.3) is 0 Å². The van der Waals surface area contributed by atoms with E-state index in [2.05, 4.69) is 37.0 Å². The predicted octanol–water partition coefficient (Wildman–Crippen LogP) is 4.01. The van der Waals surface area contributed by atoms with Crippen molar-refractivity contribution in [3.05, 3.63) is 46.7 Å². The number of rotatable bonds is 7. The first kappa shape index (κ1) is 24.2. The van der Waals surface area contributed by atoms with Gasteiger partial charge in [-0.25, -0.2) is 0 Å². The summed E-state index contributed by atoms with van der Waals surface area (Å²) in [5, 5.41) is 30.5. The predicted molar refractivity (Wildman–Crippen MR) is 125 cm³/mol. The van der Waals surface area contributed by atoms with Crippen molar-refractivity contribution in [2.75, 3.05) is 26.3 Å². The number of benzene rings is 1. The molecule has 0 unspecified atom stereocenters. The van der Waals surface area contributed by atoms with Gasteiger partial charge in [0.25, 0.3) is 0 Å². The van der Waals surface area contributed by atoms with Crippen LogP contribution in [0.15, 0.2) is 41.1 Å². The van der Waals surface area contributed by atoms with Crippen LogP contribution in [0.2, 0.25) is 0 Å². The third-order valence-corrected chi connectivity index (χ3v) is 6.51. The fourth-order valence-electron chi connectivity index (χ4n) is 4.82.